The Bertz CT molecular complexity index is 774. The highest BCUT2D eigenvalue weighted by molar-refractivity contribution is 7.08. The Balaban J connectivity index is 1.71. The van der Waals surface area contributed by atoms with E-state index in [-0.39, 0.29) is 18.9 Å². The van der Waals surface area contributed by atoms with Gasteiger partial charge in [0.05, 0.1) is 19.2 Å². The summed E-state index contributed by atoms with van der Waals surface area (Å²) in [5, 5.41) is 8.77. The van der Waals surface area contributed by atoms with Crippen molar-refractivity contribution in [3.63, 3.8) is 0 Å². The number of carbonyl (C=O) groups is 3. The molecular weight excluding hydrogens is 356 g/mol. The summed E-state index contributed by atoms with van der Waals surface area (Å²) >= 11 is 1.42. The summed E-state index contributed by atoms with van der Waals surface area (Å²) < 4.78 is 10.1. The molecule has 0 spiro atoms. The second kappa shape index (κ2) is 9.57. The third-order valence-electron chi connectivity index (χ3n) is 3.39. The van der Waals surface area contributed by atoms with Crippen LogP contribution in [0.15, 0.2) is 35.0 Å². The first-order chi connectivity index (χ1) is 12.5. The number of carbonyl (C=O) groups excluding carboxylic acids is 3. The van der Waals surface area contributed by atoms with Gasteiger partial charge in [-0.2, -0.15) is 11.3 Å². The van der Waals surface area contributed by atoms with E-state index in [0.29, 0.717) is 17.0 Å². The third kappa shape index (κ3) is 5.89. The molecule has 0 aliphatic carbocycles. The van der Waals surface area contributed by atoms with Gasteiger partial charge >= 0.3 is 5.97 Å². The summed E-state index contributed by atoms with van der Waals surface area (Å²) in [6.07, 6.45) is -0.0169. The quantitative estimate of drug-likeness (QED) is 0.690. The molecule has 1 aromatic heterocycles. The molecule has 0 saturated carbocycles. The van der Waals surface area contributed by atoms with Crippen LogP contribution in [0.5, 0.6) is 5.75 Å². The number of benzene rings is 1. The van der Waals surface area contributed by atoms with E-state index in [4.69, 9.17) is 9.47 Å². The van der Waals surface area contributed by atoms with E-state index in [1.165, 1.54) is 18.4 Å². The SMILES string of the molecule is COc1ccc(C)cc1NC(=O)COC(=O)CCNC(=O)c1ccsc1. The van der Waals surface area contributed by atoms with Crippen molar-refractivity contribution in [2.45, 2.75) is 13.3 Å². The lowest BCUT2D eigenvalue weighted by Crippen LogP contribution is -2.27. The van der Waals surface area contributed by atoms with Gasteiger partial charge in [0.15, 0.2) is 6.61 Å². The van der Waals surface area contributed by atoms with Crippen LogP contribution in [0.1, 0.15) is 22.3 Å². The third-order valence-corrected chi connectivity index (χ3v) is 4.07. The van der Waals surface area contributed by atoms with Crippen molar-refractivity contribution in [2.24, 2.45) is 0 Å². The summed E-state index contributed by atoms with van der Waals surface area (Å²) in [5.41, 5.74) is 2.02. The van der Waals surface area contributed by atoms with Gasteiger partial charge in [-0.25, -0.2) is 0 Å². The zero-order chi connectivity index (χ0) is 18.9. The van der Waals surface area contributed by atoms with E-state index in [1.54, 1.807) is 29.0 Å². The molecule has 2 rings (SSSR count). The zero-order valence-electron chi connectivity index (χ0n) is 14.5. The highest BCUT2D eigenvalue weighted by Gasteiger charge is 2.12. The van der Waals surface area contributed by atoms with Crippen LogP contribution in [-0.2, 0) is 14.3 Å². The van der Waals surface area contributed by atoms with Crippen LogP contribution >= 0.6 is 11.3 Å². The maximum atomic E-state index is 11.9. The maximum Gasteiger partial charge on any atom is 0.308 e. The van der Waals surface area contributed by atoms with Gasteiger partial charge in [0.25, 0.3) is 11.8 Å². The number of hydrogen-bond donors (Lipinski definition) is 2. The van der Waals surface area contributed by atoms with Gasteiger partial charge in [-0.15, -0.1) is 0 Å². The number of anilines is 1. The number of thiophene rings is 1. The first-order valence-corrected chi connectivity index (χ1v) is 8.84. The van der Waals surface area contributed by atoms with Gasteiger partial charge in [-0.1, -0.05) is 6.07 Å². The van der Waals surface area contributed by atoms with Gasteiger partial charge < -0.3 is 20.1 Å². The van der Waals surface area contributed by atoms with Crippen LogP contribution in [-0.4, -0.2) is 38.0 Å². The van der Waals surface area contributed by atoms with Crippen molar-refractivity contribution in [3.05, 3.63) is 46.2 Å². The molecule has 7 nitrogen and oxygen atoms in total. The van der Waals surface area contributed by atoms with Crippen LogP contribution in [0.4, 0.5) is 5.69 Å². The summed E-state index contributed by atoms with van der Waals surface area (Å²) in [5.74, 6) is -0.763. The Kier molecular flexibility index (Phi) is 7.16. The molecule has 26 heavy (non-hydrogen) atoms. The first-order valence-electron chi connectivity index (χ1n) is 7.90. The number of nitrogens with one attached hydrogen (secondary N) is 2. The van der Waals surface area contributed by atoms with Crippen LogP contribution in [0, 0.1) is 6.92 Å². The molecule has 1 aromatic carbocycles. The van der Waals surface area contributed by atoms with Crippen molar-refractivity contribution in [2.75, 3.05) is 25.6 Å². The van der Waals surface area contributed by atoms with Gasteiger partial charge in [0, 0.05) is 17.5 Å². The lowest BCUT2D eigenvalue weighted by atomic mass is 10.2. The molecule has 0 unspecified atom stereocenters. The van der Waals surface area contributed by atoms with Crippen molar-refractivity contribution < 1.29 is 23.9 Å². The summed E-state index contributed by atoms with van der Waals surface area (Å²) in [4.78, 5) is 35.3. The standard InChI is InChI=1S/C18H20N2O5S/c1-12-3-4-15(24-2)14(9-12)20-16(21)10-25-17(22)5-7-19-18(23)13-6-8-26-11-13/h3-4,6,8-9,11H,5,7,10H2,1-2H3,(H,19,23)(H,20,21). The number of ether oxygens (including phenoxy) is 2. The molecule has 138 valence electrons. The lowest BCUT2D eigenvalue weighted by molar-refractivity contribution is -0.147. The average Bonchev–Trinajstić information content (AvgIpc) is 3.15. The number of methoxy groups -OCH3 is 1. The highest BCUT2D eigenvalue weighted by Crippen LogP contribution is 2.24. The van der Waals surface area contributed by atoms with Crippen LogP contribution in [0.2, 0.25) is 0 Å². The fraction of sp³-hybridized carbons (Fsp3) is 0.278. The normalized spacial score (nSPS) is 10.1. The van der Waals surface area contributed by atoms with Gasteiger partial charge in [0.1, 0.15) is 5.75 Å². The lowest BCUT2D eigenvalue weighted by Gasteiger charge is -2.11. The topological polar surface area (TPSA) is 93.7 Å². The molecule has 2 aromatic rings. The van der Waals surface area contributed by atoms with Crippen LogP contribution in [0.25, 0.3) is 0 Å². The largest absolute Gasteiger partial charge is 0.495 e. The number of rotatable bonds is 8. The molecule has 2 N–H and O–H groups in total. The monoisotopic (exact) mass is 376 g/mol. The van der Waals surface area contributed by atoms with Crippen LogP contribution < -0.4 is 15.4 Å². The second-order valence-electron chi connectivity index (χ2n) is 5.43. The number of aryl methyl sites for hydroxylation is 1. The van der Waals surface area contributed by atoms with Gasteiger partial charge in [-0.3, -0.25) is 14.4 Å². The smallest absolute Gasteiger partial charge is 0.308 e. The number of hydrogen-bond acceptors (Lipinski definition) is 6. The number of amides is 2. The molecule has 0 bridgehead atoms. The summed E-state index contributed by atoms with van der Waals surface area (Å²) in [6, 6.07) is 7.06. The molecular formula is C18H20N2O5S. The Hall–Kier alpha value is -2.87. The molecule has 0 atom stereocenters. The highest BCUT2D eigenvalue weighted by atomic mass is 32.1. The molecule has 8 heteroatoms. The van der Waals surface area contributed by atoms with Gasteiger partial charge in [0.2, 0.25) is 0 Å². The average molecular weight is 376 g/mol. The molecule has 0 fully saturated rings. The van der Waals surface area contributed by atoms with E-state index in [2.05, 4.69) is 10.6 Å². The predicted octanol–water partition coefficient (Wildman–Crippen LogP) is 2.37. The minimum Gasteiger partial charge on any atom is -0.495 e. The molecule has 0 aliphatic heterocycles. The Labute approximate surface area is 155 Å². The van der Waals surface area contributed by atoms with Crippen LogP contribution in [0.3, 0.4) is 0 Å². The maximum absolute atomic E-state index is 11.9. The Morgan fingerprint density at radius 3 is 2.69 bits per heavy atom. The van der Waals surface area contributed by atoms with Crippen molar-refractivity contribution >= 4 is 34.8 Å². The second-order valence-corrected chi connectivity index (χ2v) is 6.21. The Morgan fingerprint density at radius 2 is 2.00 bits per heavy atom. The fourth-order valence-corrected chi connectivity index (χ4v) is 2.73. The zero-order valence-corrected chi connectivity index (χ0v) is 15.4. The van der Waals surface area contributed by atoms with Crippen molar-refractivity contribution in [1.82, 2.24) is 5.32 Å². The minimum absolute atomic E-state index is 0.0169. The molecule has 0 aliphatic rings. The van der Waals surface area contributed by atoms with E-state index >= 15 is 0 Å². The molecule has 0 radical (unpaired) electrons. The molecule has 0 saturated heterocycles. The fourth-order valence-electron chi connectivity index (χ4n) is 2.10. The van der Waals surface area contributed by atoms with Crippen molar-refractivity contribution in [3.8, 4) is 5.75 Å². The Morgan fingerprint density at radius 1 is 1.19 bits per heavy atom. The van der Waals surface area contributed by atoms with Gasteiger partial charge in [-0.05, 0) is 36.1 Å². The molecule has 1 heterocycles. The van der Waals surface area contributed by atoms with E-state index in [9.17, 15) is 14.4 Å². The first kappa shape index (κ1) is 19.5. The van der Waals surface area contributed by atoms with E-state index in [0.717, 1.165) is 5.56 Å². The minimum atomic E-state index is -0.568. The van der Waals surface area contributed by atoms with Crippen molar-refractivity contribution in [1.29, 1.82) is 0 Å². The van der Waals surface area contributed by atoms with E-state index in [1.807, 2.05) is 13.0 Å². The van der Waals surface area contributed by atoms with E-state index < -0.39 is 18.5 Å². The molecule has 2 amide bonds. The predicted molar refractivity (Wildman–Crippen MR) is 98.6 cm³/mol. The summed E-state index contributed by atoms with van der Waals surface area (Å²) in [7, 11) is 1.50. The summed E-state index contributed by atoms with van der Waals surface area (Å²) in [6.45, 7) is 1.62. The number of esters is 1.